The maximum atomic E-state index is 4.49. The second-order valence-corrected chi connectivity index (χ2v) is 30.8. The van der Waals surface area contributed by atoms with Crippen molar-refractivity contribution in [2.24, 2.45) is 5.92 Å². The van der Waals surface area contributed by atoms with Crippen LogP contribution in [0.1, 0.15) is 62.8 Å². The van der Waals surface area contributed by atoms with Gasteiger partial charge in [-0.05, 0) is 145 Å². The van der Waals surface area contributed by atoms with E-state index in [4.69, 9.17) is 0 Å². The number of pyridine rings is 8. The first-order valence-electron chi connectivity index (χ1n) is 43.6. The van der Waals surface area contributed by atoms with Crippen LogP contribution in [-0.4, -0.2) is 39.9 Å². The zero-order valence-electron chi connectivity index (χ0n) is 75.4. The molecule has 0 aliphatic heterocycles. The first kappa shape index (κ1) is 104. The molecule has 8 aromatic heterocycles. The molecule has 8 heterocycles. The van der Waals surface area contributed by atoms with Gasteiger partial charge in [0.15, 0.2) is 0 Å². The molecular formula is C122H100Ir4N8-8. The Hall–Kier alpha value is -13.6. The summed E-state index contributed by atoms with van der Waals surface area (Å²) in [4.78, 5) is 35.4. The molecule has 0 saturated carbocycles. The number of aromatic nitrogens is 8. The Labute approximate surface area is 846 Å². The van der Waals surface area contributed by atoms with Crippen LogP contribution in [0.5, 0.6) is 0 Å². The summed E-state index contributed by atoms with van der Waals surface area (Å²) in [6.45, 7) is 13.0. The summed E-state index contributed by atoms with van der Waals surface area (Å²) < 4.78 is 0. The van der Waals surface area contributed by atoms with Crippen molar-refractivity contribution in [1.82, 2.24) is 39.9 Å². The van der Waals surface area contributed by atoms with Crippen LogP contribution in [0.15, 0.2) is 462 Å². The summed E-state index contributed by atoms with van der Waals surface area (Å²) in [5.41, 5.74) is 30.6. The van der Waals surface area contributed by atoms with E-state index in [2.05, 4.69) is 239 Å². The number of nitrogens with zero attached hydrogens (tertiary/aromatic N) is 8. The minimum Gasteiger partial charge on any atom is -0.305 e. The molecule has 0 saturated heterocycles. The number of aryl methyl sites for hydroxylation is 2. The van der Waals surface area contributed by atoms with Gasteiger partial charge in [-0.1, -0.05) is 251 Å². The van der Waals surface area contributed by atoms with E-state index in [-0.39, 0.29) is 80.4 Å². The first-order valence-corrected chi connectivity index (χ1v) is 43.6. The standard InChI is InChI=1S/4C17H12N.C15H16N.C14H14N.C13H12N.C12H10N.4Ir/c4*1-3-7-14(8-4-1)16-11-12-17(18-13-16)15-9-5-2-6-10-15;1-12(2)10-13-8-9-15(16-11-13)14-6-4-3-5-7-14;1-11(2)13-8-9-15-14(10-13)12-6-4-3-5-7-12;1-2-11-8-9-14-13(10-11)12-6-4-3-5-7-12;1-10-7-8-13-12(9-10)11-5-3-2-4-6-11;;;;/h4*1-9,11-13H;3-6,8-9,11-12H,10H2,1-2H3;3-6,8-11H,1-2H3;3-6,8-10H,2H2,1H3;2-5,7-9H,1H3;;;;/q8*-1;;;;. The largest absolute Gasteiger partial charge is 0.305 e. The summed E-state index contributed by atoms with van der Waals surface area (Å²) in [5.74, 6) is 1.21. The number of benzene rings is 12. The molecule has 0 atom stereocenters. The molecule has 20 rings (SSSR count). The van der Waals surface area contributed by atoms with Gasteiger partial charge in [0.25, 0.3) is 0 Å². The van der Waals surface area contributed by atoms with Crippen LogP contribution in [0, 0.1) is 61.4 Å². The fraction of sp³-hybridized carbons (Fsp3) is 0.0820. The minimum absolute atomic E-state index is 0. The van der Waals surface area contributed by atoms with Gasteiger partial charge in [0.2, 0.25) is 0 Å². The molecule has 12 aromatic carbocycles. The van der Waals surface area contributed by atoms with E-state index in [1.165, 1.54) is 44.5 Å². The fourth-order valence-corrected chi connectivity index (χ4v) is 13.5. The quantitative estimate of drug-likeness (QED) is 0.0882. The first-order chi connectivity index (χ1) is 64.0. The molecule has 12 heteroatoms. The van der Waals surface area contributed by atoms with Crippen LogP contribution < -0.4 is 0 Å². The van der Waals surface area contributed by atoms with Gasteiger partial charge in [-0.15, -0.1) is 287 Å². The van der Waals surface area contributed by atoms with Crippen LogP contribution in [0.3, 0.4) is 0 Å². The summed E-state index contributed by atoms with van der Waals surface area (Å²) in [6.07, 6.45) is 17.3. The van der Waals surface area contributed by atoms with Crippen LogP contribution in [0.25, 0.3) is 135 Å². The average molecular weight is 2450 g/mol. The van der Waals surface area contributed by atoms with Crippen molar-refractivity contribution in [3.63, 3.8) is 0 Å². The van der Waals surface area contributed by atoms with Gasteiger partial charge in [0.05, 0.1) is 0 Å². The van der Waals surface area contributed by atoms with E-state index in [1.807, 2.05) is 353 Å². The zero-order valence-corrected chi connectivity index (χ0v) is 84.9. The minimum atomic E-state index is 0. The van der Waals surface area contributed by atoms with Gasteiger partial charge in [-0.3, -0.25) is 0 Å². The van der Waals surface area contributed by atoms with Crippen molar-refractivity contribution in [1.29, 1.82) is 0 Å². The Bertz CT molecular complexity index is 5860. The second kappa shape index (κ2) is 57.7. The van der Waals surface area contributed by atoms with E-state index < -0.39 is 0 Å². The molecule has 0 fully saturated rings. The molecule has 0 N–H and O–H groups in total. The topological polar surface area (TPSA) is 103 Å². The van der Waals surface area contributed by atoms with Crippen molar-refractivity contribution in [2.45, 2.75) is 60.3 Å². The van der Waals surface area contributed by atoms with Gasteiger partial charge in [-0.25, -0.2) is 0 Å². The van der Waals surface area contributed by atoms with E-state index in [0.717, 1.165) is 125 Å². The molecule has 0 amide bonds. The predicted molar refractivity (Wildman–Crippen MR) is 537 cm³/mol. The van der Waals surface area contributed by atoms with E-state index in [0.29, 0.717) is 11.8 Å². The van der Waals surface area contributed by atoms with E-state index >= 15 is 0 Å². The summed E-state index contributed by atoms with van der Waals surface area (Å²) in [6, 6.07) is 163. The van der Waals surface area contributed by atoms with Crippen molar-refractivity contribution in [2.75, 3.05) is 0 Å². The third-order valence-electron chi connectivity index (χ3n) is 20.4. The van der Waals surface area contributed by atoms with Crippen LogP contribution in [-0.2, 0) is 93.3 Å². The molecule has 0 bridgehead atoms. The maximum Gasteiger partial charge on any atom is 0.0239 e. The Morgan fingerprint density at radius 1 is 0.216 bits per heavy atom. The molecule has 0 unspecified atom stereocenters. The van der Waals surface area contributed by atoms with Crippen LogP contribution in [0.4, 0.5) is 0 Å². The summed E-state index contributed by atoms with van der Waals surface area (Å²) >= 11 is 0. The smallest absolute Gasteiger partial charge is 0.0239 e. The van der Waals surface area contributed by atoms with Gasteiger partial charge in [0.1, 0.15) is 0 Å². The normalized spacial score (nSPS) is 9.97. The maximum absolute atomic E-state index is 4.49. The van der Waals surface area contributed by atoms with Crippen molar-refractivity contribution in [3.05, 3.63) is 533 Å². The average Bonchev–Trinajstić information content (AvgIpc) is 0.870. The molecule has 20 aromatic rings. The molecule has 0 aliphatic carbocycles. The third kappa shape index (κ3) is 33.6. The van der Waals surface area contributed by atoms with Gasteiger partial charge in [0, 0.05) is 130 Å². The molecular weight excluding hydrogens is 2350 g/mol. The third-order valence-corrected chi connectivity index (χ3v) is 20.4. The number of rotatable bonds is 16. The van der Waals surface area contributed by atoms with Crippen molar-refractivity contribution in [3.8, 4) is 135 Å². The molecule has 0 aliphatic rings. The van der Waals surface area contributed by atoms with Gasteiger partial charge < -0.3 is 39.9 Å². The fourth-order valence-electron chi connectivity index (χ4n) is 13.5. The van der Waals surface area contributed by atoms with Gasteiger partial charge in [-0.2, -0.15) is 0 Å². The van der Waals surface area contributed by atoms with Crippen LogP contribution >= 0.6 is 0 Å². The van der Waals surface area contributed by atoms with Gasteiger partial charge >= 0.3 is 0 Å². The SMILES string of the molecule is CC(C)Cc1ccc(-c2[c-]cccc2)nc1.CC(C)c1ccnc(-c2[c-]cccc2)c1.CCc1ccnc(-c2[c-]cccc2)c1.Cc1ccnc(-c2[c-]cccc2)c1.[Ir].[Ir].[Ir].[Ir].[c-]1ccccc1-c1ccc(-c2ccccc2)cn1.[c-]1ccccc1-c1ccc(-c2ccccc2)cn1.[c-]1ccccc1-c1ccc(-c2ccccc2)cn1.[c-]1ccccc1-c1ccc(-c2ccccc2)cn1. The number of hydrogen-bond acceptors (Lipinski definition) is 8. The Kier molecular flexibility index (Phi) is 44.8. The molecule has 8 nitrogen and oxygen atoms in total. The van der Waals surface area contributed by atoms with E-state index in [1.54, 1.807) is 0 Å². The zero-order chi connectivity index (χ0) is 89.8. The Morgan fingerprint density at radius 2 is 0.470 bits per heavy atom. The number of hydrogen-bond donors (Lipinski definition) is 0. The molecule has 4 radical (unpaired) electrons. The Morgan fingerprint density at radius 3 is 0.709 bits per heavy atom. The summed E-state index contributed by atoms with van der Waals surface area (Å²) in [7, 11) is 0. The predicted octanol–water partition coefficient (Wildman–Crippen LogP) is 30.2. The van der Waals surface area contributed by atoms with Crippen molar-refractivity contribution < 1.29 is 80.4 Å². The molecule has 0 spiro atoms. The van der Waals surface area contributed by atoms with Crippen molar-refractivity contribution >= 4 is 0 Å². The monoisotopic (exact) mass is 2450 g/mol. The summed E-state index contributed by atoms with van der Waals surface area (Å²) in [5, 5.41) is 0. The van der Waals surface area contributed by atoms with E-state index in [9.17, 15) is 0 Å². The van der Waals surface area contributed by atoms with Crippen LogP contribution in [0.2, 0.25) is 0 Å². The Balaban J connectivity index is 0.000000172. The second-order valence-electron chi connectivity index (χ2n) is 30.8. The molecule has 672 valence electrons. The molecule has 134 heavy (non-hydrogen) atoms.